The van der Waals surface area contributed by atoms with Gasteiger partial charge in [0.1, 0.15) is 12.1 Å². The summed E-state index contributed by atoms with van der Waals surface area (Å²) in [5.74, 6) is 0.991. The van der Waals surface area contributed by atoms with E-state index in [1.54, 1.807) is 6.33 Å². The summed E-state index contributed by atoms with van der Waals surface area (Å²) in [6.07, 6.45) is 3.73. The van der Waals surface area contributed by atoms with E-state index in [1.165, 1.54) is 0 Å². The first-order valence-electron chi connectivity index (χ1n) is 5.93. The standard InChI is InChI=1S/C12H20N4O/c1-9(2)10-7-12(16-8-15-10)14-6-4-3-5-11(13)17/h7-9H,3-6H2,1-2H3,(H2,13,17)(H,14,15,16). The Morgan fingerprint density at radius 1 is 1.41 bits per heavy atom. The Bertz CT molecular complexity index is 365. The minimum absolute atomic E-state index is 0.242. The number of nitrogens with two attached hydrogens (primary N) is 1. The van der Waals surface area contributed by atoms with E-state index < -0.39 is 0 Å². The highest BCUT2D eigenvalue weighted by molar-refractivity contribution is 5.73. The summed E-state index contributed by atoms with van der Waals surface area (Å²) >= 11 is 0. The molecule has 3 N–H and O–H groups in total. The van der Waals surface area contributed by atoms with Crippen LogP contribution in [0.3, 0.4) is 0 Å². The maximum absolute atomic E-state index is 10.5. The number of rotatable bonds is 7. The lowest BCUT2D eigenvalue weighted by atomic mass is 10.1. The number of unbranched alkanes of at least 4 members (excludes halogenated alkanes) is 1. The summed E-state index contributed by atoms with van der Waals surface area (Å²) in [7, 11) is 0. The average Bonchev–Trinajstić information content (AvgIpc) is 2.28. The summed E-state index contributed by atoms with van der Waals surface area (Å²) in [4.78, 5) is 18.9. The molecule has 0 atom stereocenters. The number of hydrogen-bond acceptors (Lipinski definition) is 4. The maximum atomic E-state index is 10.5. The average molecular weight is 236 g/mol. The fourth-order valence-electron chi connectivity index (χ4n) is 1.43. The molecule has 5 nitrogen and oxygen atoms in total. The molecule has 94 valence electrons. The van der Waals surface area contributed by atoms with Crippen LogP contribution in [0.15, 0.2) is 12.4 Å². The zero-order valence-corrected chi connectivity index (χ0v) is 10.4. The number of hydrogen-bond donors (Lipinski definition) is 2. The first kappa shape index (κ1) is 13.4. The number of amides is 1. The van der Waals surface area contributed by atoms with Crippen molar-refractivity contribution in [3.05, 3.63) is 18.1 Å². The molecule has 0 saturated heterocycles. The van der Waals surface area contributed by atoms with Crippen molar-refractivity contribution in [2.75, 3.05) is 11.9 Å². The van der Waals surface area contributed by atoms with Gasteiger partial charge in [0.15, 0.2) is 0 Å². The third-order valence-corrected chi connectivity index (χ3v) is 2.44. The van der Waals surface area contributed by atoms with Crippen molar-refractivity contribution in [3.63, 3.8) is 0 Å². The van der Waals surface area contributed by atoms with Gasteiger partial charge in [-0.05, 0) is 18.8 Å². The molecule has 1 aromatic heterocycles. The van der Waals surface area contributed by atoms with Crippen molar-refractivity contribution >= 4 is 11.7 Å². The Morgan fingerprint density at radius 3 is 2.82 bits per heavy atom. The molecule has 1 amide bonds. The van der Waals surface area contributed by atoms with Crippen LogP contribution >= 0.6 is 0 Å². The normalized spacial score (nSPS) is 10.5. The van der Waals surface area contributed by atoms with Gasteiger partial charge in [-0.2, -0.15) is 0 Å². The molecule has 0 fully saturated rings. The van der Waals surface area contributed by atoms with Gasteiger partial charge in [-0.1, -0.05) is 13.8 Å². The minimum atomic E-state index is -0.242. The van der Waals surface area contributed by atoms with Crippen molar-refractivity contribution < 1.29 is 4.79 Å². The van der Waals surface area contributed by atoms with Crippen LogP contribution in [0, 0.1) is 0 Å². The van der Waals surface area contributed by atoms with Crippen molar-refractivity contribution in [3.8, 4) is 0 Å². The quantitative estimate of drug-likeness (QED) is 0.706. The maximum Gasteiger partial charge on any atom is 0.217 e. The van der Waals surface area contributed by atoms with E-state index >= 15 is 0 Å². The SMILES string of the molecule is CC(C)c1cc(NCCCCC(N)=O)ncn1. The highest BCUT2D eigenvalue weighted by atomic mass is 16.1. The van der Waals surface area contributed by atoms with Crippen LogP contribution in [-0.4, -0.2) is 22.4 Å². The monoisotopic (exact) mass is 236 g/mol. The van der Waals surface area contributed by atoms with E-state index in [1.807, 2.05) is 6.07 Å². The predicted octanol–water partition coefficient (Wildman–Crippen LogP) is 1.67. The molecule has 0 spiro atoms. The molecule has 0 saturated carbocycles. The Morgan fingerprint density at radius 2 is 2.18 bits per heavy atom. The van der Waals surface area contributed by atoms with Gasteiger partial charge in [-0.3, -0.25) is 4.79 Å². The molecule has 0 radical (unpaired) electrons. The van der Waals surface area contributed by atoms with E-state index in [2.05, 4.69) is 29.1 Å². The molecule has 0 aliphatic heterocycles. The second-order valence-corrected chi connectivity index (χ2v) is 4.33. The van der Waals surface area contributed by atoms with Gasteiger partial charge in [0.2, 0.25) is 5.91 Å². The molecule has 1 aromatic rings. The molecule has 0 aromatic carbocycles. The van der Waals surface area contributed by atoms with Gasteiger partial charge < -0.3 is 11.1 Å². The topological polar surface area (TPSA) is 80.9 Å². The molecule has 0 aliphatic carbocycles. The molecular formula is C12H20N4O. The van der Waals surface area contributed by atoms with Crippen molar-refractivity contribution in [1.82, 2.24) is 9.97 Å². The molecular weight excluding hydrogens is 216 g/mol. The van der Waals surface area contributed by atoms with Crippen LogP contribution in [0.1, 0.15) is 44.7 Å². The molecule has 1 heterocycles. The van der Waals surface area contributed by atoms with E-state index in [0.29, 0.717) is 12.3 Å². The van der Waals surface area contributed by atoms with Gasteiger partial charge in [-0.15, -0.1) is 0 Å². The van der Waals surface area contributed by atoms with Gasteiger partial charge in [-0.25, -0.2) is 9.97 Å². The summed E-state index contributed by atoms with van der Waals surface area (Å²) in [6, 6.07) is 1.96. The van der Waals surface area contributed by atoms with Gasteiger partial charge in [0, 0.05) is 24.7 Å². The highest BCUT2D eigenvalue weighted by Gasteiger charge is 2.02. The van der Waals surface area contributed by atoms with Crippen LogP contribution in [0.25, 0.3) is 0 Å². The Hall–Kier alpha value is -1.65. The lowest BCUT2D eigenvalue weighted by Gasteiger charge is -2.08. The van der Waals surface area contributed by atoms with Crippen molar-refractivity contribution in [1.29, 1.82) is 0 Å². The van der Waals surface area contributed by atoms with Crippen LogP contribution < -0.4 is 11.1 Å². The van der Waals surface area contributed by atoms with Gasteiger partial charge in [0.25, 0.3) is 0 Å². The second kappa shape index (κ2) is 6.83. The number of nitrogens with one attached hydrogen (secondary N) is 1. The molecule has 0 aliphatic rings. The van der Waals surface area contributed by atoms with Crippen LogP contribution in [0.4, 0.5) is 5.82 Å². The lowest BCUT2D eigenvalue weighted by Crippen LogP contribution is -2.11. The number of anilines is 1. The van der Waals surface area contributed by atoms with Crippen LogP contribution in [0.2, 0.25) is 0 Å². The molecule has 5 heteroatoms. The Labute approximate surface area is 102 Å². The number of aromatic nitrogens is 2. The first-order chi connectivity index (χ1) is 8.09. The van der Waals surface area contributed by atoms with E-state index in [-0.39, 0.29) is 5.91 Å². The fraction of sp³-hybridized carbons (Fsp3) is 0.583. The number of nitrogens with zero attached hydrogens (tertiary/aromatic N) is 2. The molecule has 0 unspecified atom stereocenters. The van der Waals surface area contributed by atoms with E-state index in [9.17, 15) is 4.79 Å². The van der Waals surface area contributed by atoms with Gasteiger partial charge in [0.05, 0.1) is 0 Å². The Balaban J connectivity index is 2.31. The third kappa shape index (κ3) is 5.29. The molecule has 17 heavy (non-hydrogen) atoms. The molecule has 1 rings (SSSR count). The second-order valence-electron chi connectivity index (χ2n) is 4.33. The minimum Gasteiger partial charge on any atom is -0.370 e. The predicted molar refractivity (Wildman–Crippen MR) is 67.7 cm³/mol. The zero-order chi connectivity index (χ0) is 12.7. The lowest BCUT2D eigenvalue weighted by molar-refractivity contribution is -0.118. The smallest absolute Gasteiger partial charge is 0.217 e. The van der Waals surface area contributed by atoms with Crippen molar-refractivity contribution in [2.24, 2.45) is 5.73 Å². The number of primary amides is 1. The van der Waals surface area contributed by atoms with Crippen LogP contribution in [0.5, 0.6) is 0 Å². The summed E-state index contributed by atoms with van der Waals surface area (Å²) < 4.78 is 0. The summed E-state index contributed by atoms with van der Waals surface area (Å²) in [5.41, 5.74) is 6.09. The summed E-state index contributed by atoms with van der Waals surface area (Å²) in [6.45, 7) is 4.99. The highest BCUT2D eigenvalue weighted by Crippen LogP contribution is 2.13. The number of carbonyl (C=O) groups excluding carboxylic acids is 1. The Kier molecular flexibility index (Phi) is 5.39. The van der Waals surface area contributed by atoms with Gasteiger partial charge >= 0.3 is 0 Å². The van der Waals surface area contributed by atoms with E-state index in [4.69, 9.17) is 5.73 Å². The fourth-order valence-corrected chi connectivity index (χ4v) is 1.43. The van der Waals surface area contributed by atoms with Crippen LogP contribution in [-0.2, 0) is 4.79 Å². The third-order valence-electron chi connectivity index (χ3n) is 2.44. The largest absolute Gasteiger partial charge is 0.370 e. The first-order valence-corrected chi connectivity index (χ1v) is 5.93. The van der Waals surface area contributed by atoms with E-state index in [0.717, 1.165) is 30.9 Å². The zero-order valence-electron chi connectivity index (χ0n) is 10.4. The van der Waals surface area contributed by atoms with Crippen molar-refractivity contribution in [2.45, 2.75) is 39.0 Å². The summed E-state index contributed by atoms with van der Waals surface area (Å²) in [5, 5.41) is 3.21. The number of carbonyl (C=O) groups is 1. The molecule has 0 bridgehead atoms.